The second-order valence-electron chi connectivity index (χ2n) is 7.07. The monoisotopic (exact) mass is 266 g/mol. The number of Topliss-reactive ketones (excluding diaryl/α,β-unsaturated/α-hetero) is 1. The van der Waals surface area contributed by atoms with E-state index >= 15 is 0 Å². The first-order valence-corrected chi connectivity index (χ1v) is 7.82. The highest BCUT2D eigenvalue weighted by atomic mass is 16.1. The summed E-state index contributed by atoms with van der Waals surface area (Å²) in [5, 5.41) is 0. The fourth-order valence-electron chi connectivity index (χ4n) is 5.95. The third-order valence-corrected chi connectivity index (χ3v) is 6.66. The highest BCUT2D eigenvalue weighted by Crippen LogP contribution is 2.71. The van der Waals surface area contributed by atoms with Gasteiger partial charge in [-0.3, -0.25) is 4.79 Å². The van der Waals surface area contributed by atoms with Crippen LogP contribution in [0, 0.1) is 34.5 Å². The van der Waals surface area contributed by atoms with Crippen LogP contribution in [0.5, 0.6) is 0 Å². The van der Waals surface area contributed by atoms with Crippen LogP contribution in [0.25, 0.3) is 0 Å². The Morgan fingerprint density at radius 1 is 1.10 bits per heavy atom. The van der Waals surface area contributed by atoms with Crippen molar-refractivity contribution in [1.82, 2.24) is 0 Å². The number of allylic oxidation sites excluding steroid dienone is 6. The summed E-state index contributed by atoms with van der Waals surface area (Å²) in [5.41, 5.74) is -0.317. The van der Waals surface area contributed by atoms with E-state index in [4.69, 9.17) is 0 Å². The third-order valence-electron chi connectivity index (χ3n) is 6.66. The average Bonchev–Trinajstić information content (AvgIpc) is 3.16. The van der Waals surface area contributed by atoms with E-state index in [9.17, 15) is 4.79 Å². The van der Waals surface area contributed by atoms with Gasteiger partial charge in [0.15, 0.2) is 0 Å². The van der Waals surface area contributed by atoms with Gasteiger partial charge in [-0.05, 0) is 49.4 Å². The maximum Gasteiger partial charge on any atom is 0.147 e. The summed E-state index contributed by atoms with van der Waals surface area (Å²) in [6, 6.07) is 0. The minimum atomic E-state index is -0.182. The second kappa shape index (κ2) is 3.84. The number of carbonyl (C=O) groups excluding carboxylic acids is 1. The summed E-state index contributed by atoms with van der Waals surface area (Å²) in [7, 11) is 0. The largest absolute Gasteiger partial charge is 0.298 e. The van der Waals surface area contributed by atoms with Crippen molar-refractivity contribution in [2.45, 2.75) is 25.7 Å². The number of hydrogen-bond donors (Lipinski definition) is 0. The van der Waals surface area contributed by atoms with Gasteiger partial charge in [-0.2, -0.15) is 0 Å². The third kappa shape index (κ3) is 1.11. The van der Waals surface area contributed by atoms with E-state index in [0.717, 1.165) is 25.7 Å². The zero-order valence-corrected chi connectivity index (χ0v) is 11.9. The molecule has 0 aromatic rings. The van der Waals surface area contributed by atoms with E-state index in [2.05, 4.69) is 49.6 Å². The fraction of sp³-hybridized carbons (Fsp3) is 0.526. The van der Waals surface area contributed by atoms with Gasteiger partial charge in [0, 0.05) is 10.8 Å². The molecule has 0 bridgehead atoms. The van der Waals surface area contributed by atoms with Crippen molar-refractivity contribution in [2.24, 2.45) is 34.5 Å². The molecule has 2 spiro atoms. The standard InChI is InChI=1S/C19H22O/c1-3-13-12-14-8-7-11-19(14)16(13)15(4-2)18(17(19)20)9-5-6-10-18/h3-8,13-16H,1-2,9-12H2/t13-,14+,15-,16-,19-/m1/s1. The molecular weight excluding hydrogens is 244 g/mol. The second-order valence-corrected chi connectivity index (χ2v) is 7.07. The van der Waals surface area contributed by atoms with E-state index in [0.29, 0.717) is 29.5 Å². The number of ketones is 1. The van der Waals surface area contributed by atoms with Crippen LogP contribution < -0.4 is 0 Å². The maximum atomic E-state index is 13.5. The molecule has 0 aliphatic heterocycles. The zero-order chi connectivity index (χ0) is 14.0. The molecule has 5 atom stereocenters. The van der Waals surface area contributed by atoms with Gasteiger partial charge in [0.25, 0.3) is 0 Å². The Balaban J connectivity index is 1.89. The first-order chi connectivity index (χ1) is 9.70. The molecule has 0 N–H and O–H groups in total. The molecule has 4 rings (SSSR count). The Labute approximate surface area is 121 Å². The quantitative estimate of drug-likeness (QED) is 0.688. The van der Waals surface area contributed by atoms with Crippen LogP contribution in [-0.2, 0) is 4.79 Å². The van der Waals surface area contributed by atoms with Crippen molar-refractivity contribution in [3.05, 3.63) is 49.6 Å². The molecule has 0 unspecified atom stereocenters. The molecule has 0 aromatic carbocycles. The molecule has 104 valence electrons. The first kappa shape index (κ1) is 12.4. The normalized spacial score (nSPS) is 46.9. The molecule has 2 fully saturated rings. The SMILES string of the molecule is C=C[C@@H]1C[C@@H]2C=CC[C@@]23C(=O)C2(CC=CC2)[C@H](C=C)[C@@H]13. The lowest BCUT2D eigenvalue weighted by Gasteiger charge is -2.31. The summed E-state index contributed by atoms with van der Waals surface area (Å²) >= 11 is 0. The summed E-state index contributed by atoms with van der Waals surface area (Å²) in [6.45, 7) is 8.15. The Morgan fingerprint density at radius 3 is 2.50 bits per heavy atom. The molecule has 1 heteroatoms. The van der Waals surface area contributed by atoms with Gasteiger partial charge in [0.2, 0.25) is 0 Å². The lowest BCUT2D eigenvalue weighted by molar-refractivity contribution is -0.135. The molecule has 0 amide bonds. The summed E-state index contributed by atoms with van der Waals surface area (Å²) < 4.78 is 0. The van der Waals surface area contributed by atoms with E-state index in [1.807, 2.05) is 0 Å². The Kier molecular flexibility index (Phi) is 2.38. The van der Waals surface area contributed by atoms with Gasteiger partial charge in [0.05, 0.1) is 0 Å². The van der Waals surface area contributed by atoms with Crippen molar-refractivity contribution < 1.29 is 4.79 Å². The number of carbonyl (C=O) groups is 1. The lowest BCUT2D eigenvalue weighted by Crippen LogP contribution is -2.37. The topological polar surface area (TPSA) is 17.1 Å². The first-order valence-electron chi connectivity index (χ1n) is 7.82. The fourth-order valence-corrected chi connectivity index (χ4v) is 5.95. The average molecular weight is 266 g/mol. The van der Waals surface area contributed by atoms with E-state index < -0.39 is 0 Å². The van der Waals surface area contributed by atoms with Crippen LogP contribution in [0.15, 0.2) is 49.6 Å². The highest BCUT2D eigenvalue weighted by molar-refractivity contribution is 5.96. The van der Waals surface area contributed by atoms with E-state index in [1.165, 1.54) is 0 Å². The van der Waals surface area contributed by atoms with Crippen molar-refractivity contribution in [3.8, 4) is 0 Å². The predicted octanol–water partition coefficient (Wildman–Crippen LogP) is 4.09. The van der Waals surface area contributed by atoms with Gasteiger partial charge in [-0.25, -0.2) is 0 Å². The van der Waals surface area contributed by atoms with E-state index in [1.54, 1.807) is 0 Å². The van der Waals surface area contributed by atoms with Crippen molar-refractivity contribution in [3.63, 3.8) is 0 Å². The van der Waals surface area contributed by atoms with Gasteiger partial charge in [-0.1, -0.05) is 36.5 Å². The van der Waals surface area contributed by atoms with Gasteiger partial charge >= 0.3 is 0 Å². The smallest absolute Gasteiger partial charge is 0.147 e. The summed E-state index contributed by atoms with van der Waals surface area (Å²) in [6.07, 6.45) is 17.0. The van der Waals surface area contributed by atoms with Crippen LogP contribution >= 0.6 is 0 Å². The highest BCUT2D eigenvalue weighted by Gasteiger charge is 2.72. The van der Waals surface area contributed by atoms with Gasteiger partial charge < -0.3 is 0 Å². The van der Waals surface area contributed by atoms with Crippen LogP contribution in [-0.4, -0.2) is 5.78 Å². The Hall–Kier alpha value is -1.37. The van der Waals surface area contributed by atoms with Gasteiger partial charge in [0.1, 0.15) is 5.78 Å². The van der Waals surface area contributed by atoms with Crippen LogP contribution in [0.3, 0.4) is 0 Å². The number of rotatable bonds is 2. The molecule has 0 heterocycles. The van der Waals surface area contributed by atoms with Crippen LogP contribution in [0.1, 0.15) is 25.7 Å². The van der Waals surface area contributed by atoms with Crippen molar-refractivity contribution in [2.75, 3.05) is 0 Å². The minimum Gasteiger partial charge on any atom is -0.298 e. The van der Waals surface area contributed by atoms with Crippen LogP contribution in [0.4, 0.5) is 0 Å². The molecule has 20 heavy (non-hydrogen) atoms. The predicted molar refractivity (Wildman–Crippen MR) is 81.0 cm³/mol. The molecule has 4 aliphatic rings. The Bertz CT molecular complexity index is 544. The molecule has 4 aliphatic carbocycles. The lowest BCUT2D eigenvalue weighted by atomic mass is 9.70. The Morgan fingerprint density at radius 2 is 1.85 bits per heavy atom. The maximum absolute atomic E-state index is 13.5. The number of hydrogen-bond acceptors (Lipinski definition) is 1. The molecule has 1 nitrogen and oxygen atoms in total. The van der Waals surface area contributed by atoms with Crippen molar-refractivity contribution in [1.29, 1.82) is 0 Å². The van der Waals surface area contributed by atoms with Crippen molar-refractivity contribution >= 4 is 5.78 Å². The van der Waals surface area contributed by atoms with E-state index in [-0.39, 0.29) is 10.8 Å². The summed E-state index contributed by atoms with van der Waals surface area (Å²) in [4.78, 5) is 13.5. The minimum absolute atomic E-state index is 0.135. The molecule has 2 saturated carbocycles. The molecular formula is C19H22O. The molecule has 0 radical (unpaired) electrons. The van der Waals surface area contributed by atoms with Gasteiger partial charge in [-0.15, -0.1) is 13.2 Å². The molecule has 0 saturated heterocycles. The van der Waals surface area contributed by atoms with Crippen LogP contribution in [0.2, 0.25) is 0 Å². The zero-order valence-electron chi connectivity index (χ0n) is 11.9. The molecule has 0 aromatic heterocycles. The summed E-state index contributed by atoms with van der Waals surface area (Å²) in [5.74, 6) is 2.18.